The molecule has 1 amide bonds. The van der Waals surface area contributed by atoms with Gasteiger partial charge in [0.15, 0.2) is 5.76 Å². The second-order valence-corrected chi connectivity index (χ2v) is 4.16. The fourth-order valence-electron chi connectivity index (χ4n) is 1.34. The minimum Gasteiger partial charge on any atom is -0.459 e. The fraction of sp³-hybridized carbons (Fsp3) is 0.0833. The van der Waals surface area contributed by atoms with Crippen LogP contribution in [0.4, 0.5) is 5.69 Å². The van der Waals surface area contributed by atoms with Gasteiger partial charge in [0.2, 0.25) is 0 Å². The summed E-state index contributed by atoms with van der Waals surface area (Å²) in [5, 5.41) is 2.77. The molecule has 0 spiro atoms. The van der Waals surface area contributed by atoms with Crippen molar-refractivity contribution in [3.63, 3.8) is 0 Å². The summed E-state index contributed by atoms with van der Waals surface area (Å²) in [4.78, 5) is 11.7. The first-order valence-corrected chi connectivity index (χ1v) is 5.58. The molecule has 0 fully saturated rings. The van der Waals surface area contributed by atoms with Gasteiger partial charge in [0.05, 0.1) is 12.0 Å². The maximum absolute atomic E-state index is 11.7. The van der Waals surface area contributed by atoms with Crippen molar-refractivity contribution in [2.24, 2.45) is 0 Å². The first kappa shape index (κ1) is 11.0. The van der Waals surface area contributed by atoms with E-state index in [1.807, 2.05) is 25.1 Å². The third kappa shape index (κ3) is 2.17. The van der Waals surface area contributed by atoms with E-state index < -0.39 is 0 Å². The first-order chi connectivity index (χ1) is 7.68. The van der Waals surface area contributed by atoms with Crippen molar-refractivity contribution in [1.82, 2.24) is 0 Å². The molecule has 2 aromatic rings. The van der Waals surface area contributed by atoms with Crippen molar-refractivity contribution in [2.75, 3.05) is 5.32 Å². The highest BCUT2D eigenvalue weighted by Gasteiger charge is 2.10. The van der Waals surface area contributed by atoms with Crippen LogP contribution in [-0.2, 0) is 0 Å². The molecule has 0 aliphatic heterocycles. The minimum absolute atomic E-state index is 0.253. The summed E-state index contributed by atoms with van der Waals surface area (Å²) in [7, 11) is 0. The molecule has 3 nitrogen and oxygen atoms in total. The maximum Gasteiger partial charge on any atom is 0.291 e. The van der Waals surface area contributed by atoms with Gasteiger partial charge < -0.3 is 9.73 Å². The van der Waals surface area contributed by atoms with Crippen LogP contribution in [0.15, 0.2) is 45.5 Å². The van der Waals surface area contributed by atoms with Crippen LogP contribution < -0.4 is 5.32 Å². The predicted molar refractivity (Wildman–Crippen MR) is 65.5 cm³/mol. The van der Waals surface area contributed by atoms with Crippen molar-refractivity contribution >= 4 is 27.5 Å². The lowest BCUT2D eigenvalue weighted by atomic mass is 10.2. The van der Waals surface area contributed by atoms with Crippen LogP contribution in [-0.4, -0.2) is 5.91 Å². The summed E-state index contributed by atoms with van der Waals surface area (Å²) < 4.78 is 5.89. The third-order valence-electron chi connectivity index (χ3n) is 2.18. The van der Waals surface area contributed by atoms with E-state index in [0.29, 0.717) is 5.76 Å². The molecule has 1 aromatic heterocycles. The van der Waals surface area contributed by atoms with Crippen molar-refractivity contribution in [3.8, 4) is 0 Å². The van der Waals surface area contributed by atoms with Gasteiger partial charge >= 0.3 is 0 Å². The van der Waals surface area contributed by atoms with Crippen LogP contribution in [0, 0.1) is 6.92 Å². The summed E-state index contributed by atoms with van der Waals surface area (Å²) in [6.45, 7) is 1.96. The lowest BCUT2D eigenvalue weighted by Crippen LogP contribution is -2.11. The van der Waals surface area contributed by atoms with Crippen molar-refractivity contribution in [2.45, 2.75) is 6.92 Å². The molecule has 0 saturated heterocycles. The van der Waals surface area contributed by atoms with Gasteiger partial charge in [0, 0.05) is 4.47 Å². The highest BCUT2D eigenvalue weighted by atomic mass is 79.9. The van der Waals surface area contributed by atoms with Gasteiger partial charge in [-0.15, -0.1) is 0 Å². The first-order valence-electron chi connectivity index (χ1n) is 4.78. The molecule has 4 heteroatoms. The number of furan rings is 1. The van der Waals surface area contributed by atoms with Crippen LogP contribution in [0.2, 0.25) is 0 Å². The van der Waals surface area contributed by atoms with E-state index in [9.17, 15) is 4.79 Å². The summed E-state index contributed by atoms with van der Waals surface area (Å²) in [6.07, 6.45) is 1.47. The number of hydrogen-bond donors (Lipinski definition) is 1. The Morgan fingerprint density at radius 3 is 2.81 bits per heavy atom. The van der Waals surface area contributed by atoms with Crippen LogP contribution in [0.3, 0.4) is 0 Å². The quantitative estimate of drug-likeness (QED) is 0.913. The van der Waals surface area contributed by atoms with Crippen LogP contribution in [0.5, 0.6) is 0 Å². The Labute approximate surface area is 102 Å². The molecule has 16 heavy (non-hydrogen) atoms. The highest BCUT2D eigenvalue weighted by Crippen LogP contribution is 2.26. The zero-order chi connectivity index (χ0) is 11.5. The largest absolute Gasteiger partial charge is 0.459 e. The summed E-state index contributed by atoms with van der Waals surface area (Å²) in [6, 6.07) is 8.99. The average molecular weight is 280 g/mol. The smallest absolute Gasteiger partial charge is 0.291 e. The zero-order valence-corrected chi connectivity index (χ0v) is 10.2. The summed E-state index contributed by atoms with van der Waals surface area (Å²) >= 11 is 3.43. The summed E-state index contributed by atoms with van der Waals surface area (Å²) in [5.41, 5.74) is 1.80. The Kier molecular flexibility index (Phi) is 3.10. The van der Waals surface area contributed by atoms with Crippen molar-refractivity contribution < 1.29 is 9.21 Å². The van der Waals surface area contributed by atoms with E-state index in [0.717, 1.165) is 15.7 Å². The van der Waals surface area contributed by atoms with E-state index in [4.69, 9.17) is 4.42 Å². The maximum atomic E-state index is 11.7. The highest BCUT2D eigenvalue weighted by molar-refractivity contribution is 9.10. The van der Waals surface area contributed by atoms with Crippen LogP contribution in [0.1, 0.15) is 16.1 Å². The van der Waals surface area contributed by atoms with Crippen LogP contribution in [0.25, 0.3) is 0 Å². The van der Waals surface area contributed by atoms with E-state index >= 15 is 0 Å². The fourth-order valence-corrected chi connectivity index (χ4v) is 1.70. The Hall–Kier alpha value is -1.55. The number of rotatable bonds is 2. The Morgan fingerprint density at radius 1 is 1.31 bits per heavy atom. The van der Waals surface area contributed by atoms with Crippen molar-refractivity contribution in [3.05, 3.63) is 52.4 Å². The van der Waals surface area contributed by atoms with Crippen LogP contribution >= 0.6 is 15.9 Å². The number of halogens is 1. The van der Waals surface area contributed by atoms with Gasteiger partial charge in [-0.05, 0) is 46.6 Å². The number of hydrogen-bond acceptors (Lipinski definition) is 2. The number of anilines is 1. The number of aryl methyl sites for hydroxylation is 1. The molecule has 0 aliphatic carbocycles. The molecule has 1 N–H and O–H groups in total. The molecule has 0 radical (unpaired) electrons. The molecule has 2 rings (SSSR count). The Bertz CT molecular complexity index is 506. The SMILES string of the molecule is Cc1cccc(NC(=O)c2ccco2)c1Br. The molecular formula is C12H10BrNO2. The monoisotopic (exact) mass is 279 g/mol. The molecule has 0 atom stereocenters. The summed E-state index contributed by atoms with van der Waals surface area (Å²) in [5.74, 6) is 0.0460. The lowest BCUT2D eigenvalue weighted by Gasteiger charge is -2.07. The number of carbonyl (C=O) groups excluding carboxylic acids is 1. The van der Waals surface area contributed by atoms with Gasteiger partial charge in [0.1, 0.15) is 0 Å². The van der Waals surface area contributed by atoms with Gasteiger partial charge in [-0.3, -0.25) is 4.79 Å². The van der Waals surface area contributed by atoms with Crippen molar-refractivity contribution in [1.29, 1.82) is 0 Å². The predicted octanol–water partition coefficient (Wildman–Crippen LogP) is 3.60. The Morgan fingerprint density at radius 2 is 2.12 bits per heavy atom. The molecule has 0 aliphatic rings. The average Bonchev–Trinajstić information content (AvgIpc) is 2.78. The van der Waals surface area contributed by atoms with Gasteiger partial charge in [0.25, 0.3) is 5.91 Å². The number of nitrogens with one attached hydrogen (secondary N) is 1. The van der Waals surface area contributed by atoms with Gasteiger partial charge in [-0.25, -0.2) is 0 Å². The van der Waals surface area contributed by atoms with E-state index in [2.05, 4.69) is 21.2 Å². The number of benzene rings is 1. The molecule has 1 aromatic carbocycles. The second kappa shape index (κ2) is 4.53. The van der Waals surface area contributed by atoms with E-state index in [1.165, 1.54) is 6.26 Å². The second-order valence-electron chi connectivity index (χ2n) is 3.37. The molecule has 0 bridgehead atoms. The van der Waals surface area contributed by atoms with Gasteiger partial charge in [-0.2, -0.15) is 0 Å². The lowest BCUT2D eigenvalue weighted by molar-refractivity contribution is 0.0996. The minimum atomic E-state index is -0.253. The number of carbonyl (C=O) groups is 1. The molecule has 1 heterocycles. The number of amides is 1. The van der Waals surface area contributed by atoms with E-state index in [1.54, 1.807) is 12.1 Å². The standard InChI is InChI=1S/C12H10BrNO2/c1-8-4-2-5-9(11(8)13)14-12(15)10-6-3-7-16-10/h2-7H,1H3,(H,14,15). The molecule has 0 unspecified atom stereocenters. The van der Waals surface area contributed by atoms with Gasteiger partial charge in [-0.1, -0.05) is 12.1 Å². The normalized spacial score (nSPS) is 10.1. The topological polar surface area (TPSA) is 42.2 Å². The molecule has 82 valence electrons. The third-order valence-corrected chi connectivity index (χ3v) is 3.24. The Balaban J connectivity index is 2.22. The zero-order valence-electron chi connectivity index (χ0n) is 8.66. The molecular weight excluding hydrogens is 270 g/mol. The van der Waals surface area contributed by atoms with E-state index in [-0.39, 0.29) is 5.91 Å². The molecule has 0 saturated carbocycles.